The standard InChI is InChI=1S/C6H7N.C2H6.HI/c1-6-4-2-3-5-7-6;1-2;/h2-5H,1H3;1-2H3;1H. The lowest BCUT2D eigenvalue weighted by atomic mass is 10.4. The molecule has 58 valence electrons. The summed E-state index contributed by atoms with van der Waals surface area (Å²) in [5, 5.41) is 0. The predicted octanol–water partition coefficient (Wildman–Crippen LogP) is 3.03. The van der Waals surface area contributed by atoms with E-state index < -0.39 is 0 Å². The molecule has 1 aromatic heterocycles. The molecular weight excluding hydrogens is 237 g/mol. The summed E-state index contributed by atoms with van der Waals surface area (Å²) in [5.41, 5.74) is 1.07. The van der Waals surface area contributed by atoms with Crippen molar-refractivity contribution < 1.29 is 0 Å². The van der Waals surface area contributed by atoms with Crippen LogP contribution >= 0.6 is 24.0 Å². The zero-order valence-corrected chi connectivity index (χ0v) is 9.00. The third kappa shape index (κ3) is 6.01. The van der Waals surface area contributed by atoms with Gasteiger partial charge in [0.1, 0.15) is 0 Å². The molecule has 0 aliphatic carbocycles. The Morgan fingerprint density at radius 1 is 1.20 bits per heavy atom. The molecular formula is C8H14IN. The number of pyridine rings is 1. The van der Waals surface area contributed by atoms with Crippen molar-refractivity contribution in [2.24, 2.45) is 0 Å². The maximum atomic E-state index is 3.98. The Kier molecular flexibility index (Phi) is 11.1. The summed E-state index contributed by atoms with van der Waals surface area (Å²) in [5.74, 6) is 0. The molecule has 0 bridgehead atoms. The highest BCUT2D eigenvalue weighted by Gasteiger charge is 1.73. The fourth-order valence-electron chi connectivity index (χ4n) is 0.448. The molecule has 0 fully saturated rings. The van der Waals surface area contributed by atoms with Crippen molar-refractivity contribution in [2.75, 3.05) is 0 Å². The first-order valence-corrected chi connectivity index (χ1v) is 3.27. The van der Waals surface area contributed by atoms with Crippen LogP contribution in [-0.4, -0.2) is 4.98 Å². The van der Waals surface area contributed by atoms with Crippen molar-refractivity contribution >= 4 is 24.0 Å². The van der Waals surface area contributed by atoms with Gasteiger partial charge in [0.2, 0.25) is 0 Å². The van der Waals surface area contributed by atoms with Gasteiger partial charge in [0.25, 0.3) is 0 Å². The number of aromatic nitrogens is 1. The highest BCUT2D eigenvalue weighted by molar-refractivity contribution is 14.0. The maximum absolute atomic E-state index is 3.98. The third-order valence-electron chi connectivity index (χ3n) is 0.813. The quantitative estimate of drug-likeness (QED) is 0.646. The maximum Gasteiger partial charge on any atom is 0.0372 e. The minimum Gasteiger partial charge on any atom is -0.262 e. The molecule has 0 unspecified atom stereocenters. The van der Waals surface area contributed by atoms with Crippen molar-refractivity contribution in [3.8, 4) is 0 Å². The summed E-state index contributed by atoms with van der Waals surface area (Å²) >= 11 is 0. The van der Waals surface area contributed by atoms with Crippen LogP contribution < -0.4 is 0 Å². The first kappa shape index (κ1) is 12.5. The summed E-state index contributed by atoms with van der Waals surface area (Å²) < 4.78 is 0. The van der Waals surface area contributed by atoms with Crippen LogP contribution in [0.1, 0.15) is 19.5 Å². The van der Waals surface area contributed by atoms with Gasteiger partial charge in [0.15, 0.2) is 0 Å². The topological polar surface area (TPSA) is 12.9 Å². The lowest BCUT2D eigenvalue weighted by molar-refractivity contribution is 1.20. The van der Waals surface area contributed by atoms with Gasteiger partial charge in [-0.1, -0.05) is 19.9 Å². The highest BCUT2D eigenvalue weighted by atomic mass is 127. The van der Waals surface area contributed by atoms with E-state index in [1.54, 1.807) is 6.20 Å². The minimum absolute atomic E-state index is 0. The van der Waals surface area contributed by atoms with Gasteiger partial charge in [0.05, 0.1) is 0 Å². The van der Waals surface area contributed by atoms with E-state index in [4.69, 9.17) is 0 Å². The second kappa shape index (κ2) is 8.88. The molecule has 0 amide bonds. The first-order valence-electron chi connectivity index (χ1n) is 3.27. The van der Waals surface area contributed by atoms with Gasteiger partial charge in [-0.2, -0.15) is 0 Å². The number of halogens is 1. The molecule has 0 aliphatic heterocycles. The van der Waals surface area contributed by atoms with E-state index in [1.807, 2.05) is 39.0 Å². The molecule has 0 radical (unpaired) electrons. The lowest BCUT2D eigenvalue weighted by Crippen LogP contribution is -1.72. The van der Waals surface area contributed by atoms with Crippen LogP contribution in [0, 0.1) is 6.92 Å². The summed E-state index contributed by atoms with van der Waals surface area (Å²) in [6.07, 6.45) is 1.79. The van der Waals surface area contributed by atoms with Crippen molar-refractivity contribution in [3.63, 3.8) is 0 Å². The van der Waals surface area contributed by atoms with Crippen LogP contribution in [0.2, 0.25) is 0 Å². The monoisotopic (exact) mass is 251 g/mol. The molecule has 2 heteroatoms. The van der Waals surface area contributed by atoms with Crippen LogP contribution in [0.15, 0.2) is 24.4 Å². The van der Waals surface area contributed by atoms with Gasteiger partial charge in [-0.15, -0.1) is 24.0 Å². The predicted molar refractivity (Wildman–Crippen MR) is 55.7 cm³/mol. The summed E-state index contributed by atoms with van der Waals surface area (Å²) in [4.78, 5) is 3.98. The van der Waals surface area contributed by atoms with E-state index in [-0.39, 0.29) is 24.0 Å². The second-order valence-corrected chi connectivity index (χ2v) is 1.47. The van der Waals surface area contributed by atoms with Crippen molar-refractivity contribution in [3.05, 3.63) is 30.1 Å². The summed E-state index contributed by atoms with van der Waals surface area (Å²) in [6, 6.07) is 5.86. The normalized spacial score (nSPS) is 6.70. The molecule has 0 aromatic carbocycles. The molecule has 0 aliphatic rings. The van der Waals surface area contributed by atoms with E-state index >= 15 is 0 Å². The second-order valence-electron chi connectivity index (χ2n) is 1.47. The summed E-state index contributed by atoms with van der Waals surface area (Å²) in [6.45, 7) is 5.97. The van der Waals surface area contributed by atoms with Crippen molar-refractivity contribution in [1.29, 1.82) is 0 Å². The van der Waals surface area contributed by atoms with Gasteiger partial charge in [-0.25, -0.2) is 0 Å². The molecule has 0 saturated carbocycles. The molecule has 0 saturated heterocycles. The largest absolute Gasteiger partial charge is 0.262 e. The zero-order chi connectivity index (χ0) is 7.11. The average molecular weight is 251 g/mol. The Hall–Kier alpha value is -0.120. The Bertz CT molecular complexity index is 139. The smallest absolute Gasteiger partial charge is 0.0372 e. The van der Waals surface area contributed by atoms with E-state index in [1.165, 1.54) is 0 Å². The Balaban J connectivity index is 0. The molecule has 10 heavy (non-hydrogen) atoms. The highest BCUT2D eigenvalue weighted by Crippen LogP contribution is 1.85. The average Bonchev–Trinajstić information content (AvgIpc) is 1.94. The first-order chi connectivity index (χ1) is 4.39. The van der Waals surface area contributed by atoms with Crippen LogP contribution in [0.4, 0.5) is 0 Å². The van der Waals surface area contributed by atoms with Gasteiger partial charge in [-0.3, -0.25) is 4.98 Å². The van der Waals surface area contributed by atoms with Gasteiger partial charge in [-0.05, 0) is 19.1 Å². The number of hydrogen-bond donors (Lipinski definition) is 0. The summed E-state index contributed by atoms with van der Waals surface area (Å²) in [7, 11) is 0. The Morgan fingerprint density at radius 2 is 1.80 bits per heavy atom. The SMILES string of the molecule is CC.Cc1ccccn1.I. The van der Waals surface area contributed by atoms with Crippen molar-refractivity contribution in [2.45, 2.75) is 20.8 Å². The molecule has 1 nitrogen and oxygen atoms in total. The number of hydrogen-bond acceptors (Lipinski definition) is 1. The van der Waals surface area contributed by atoms with E-state index in [0.29, 0.717) is 0 Å². The fourth-order valence-corrected chi connectivity index (χ4v) is 0.448. The van der Waals surface area contributed by atoms with Crippen LogP contribution in [0.3, 0.4) is 0 Å². The van der Waals surface area contributed by atoms with Gasteiger partial charge < -0.3 is 0 Å². The Morgan fingerprint density at radius 3 is 2.00 bits per heavy atom. The lowest BCUT2D eigenvalue weighted by Gasteiger charge is -1.82. The minimum atomic E-state index is 0. The van der Waals surface area contributed by atoms with E-state index in [0.717, 1.165) is 5.69 Å². The van der Waals surface area contributed by atoms with Crippen LogP contribution in [-0.2, 0) is 0 Å². The van der Waals surface area contributed by atoms with Gasteiger partial charge in [0, 0.05) is 11.9 Å². The molecule has 0 atom stereocenters. The number of rotatable bonds is 0. The zero-order valence-electron chi connectivity index (χ0n) is 6.66. The van der Waals surface area contributed by atoms with E-state index in [9.17, 15) is 0 Å². The van der Waals surface area contributed by atoms with E-state index in [2.05, 4.69) is 4.98 Å². The number of aryl methyl sites for hydroxylation is 1. The Labute approximate surface area is 79.9 Å². The molecule has 1 aromatic rings. The van der Waals surface area contributed by atoms with Gasteiger partial charge >= 0.3 is 0 Å². The molecule has 1 rings (SSSR count). The molecule has 0 N–H and O–H groups in total. The third-order valence-corrected chi connectivity index (χ3v) is 0.813. The van der Waals surface area contributed by atoms with Crippen LogP contribution in [0.25, 0.3) is 0 Å². The fraction of sp³-hybridized carbons (Fsp3) is 0.375. The van der Waals surface area contributed by atoms with Crippen LogP contribution in [0.5, 0.6) is 0 Å². The molecule has 1 heterocycles. The van der Waals surface area contributed by atoms with Crippen molar-refractivity contribution in [1.82, 2.24) is 4.98 Å². The molecule has 0 spiro atoms. The number of nitrogens with zero attached hydrogens (tertiary/aromatic N) is 1.